The third kappa shape index (κ3) is 6.69. The zero-order valence-corrected chi connectivity index (χ0v) is 18.8. The third-order valence-electron chi connectivity index (χ3n) is 6.29. The van der Waals surface area contributed by atoms with Crippen LogP contribution in [0.4, 0.5) is 0 Å². The van der Waals surface area contributed by atoms with Crippen molar-refractivity contribution in [1.29, 1.82) is 0 Å². The van der Waals surface area contributed by atoms with E-state index in [2.05, 4.69) is 83.5 Å². The number of piperazine rings is 1. The molecule has 2 aliphatic rings. The standard InChI is InChI=1S/C23H40N6/c1-5-24-23(25-16-20(3)28-13-11-27(4)12-14-28)26-22-15-19(2)29(18-22)17-21-9-7-6-8-10-21/h6-10,19-20,22H,5,11-18H2,1-4H3,(H2,24,25,26). The minimum atomic E-state index is 0.449. The van der Waals surface area contributed by atoms with Gasteiger partial charge in [-0.05, 0) is 39.8 Å². The number of nitrogens with zero attached hydrogens (tertiary/aromatic N) is 4. The van der Waals surface area contributed by atoms with Crippen LogP contribution in [0.2, 0.25) is 0 Å². The van der Waals surface area contributed by atoms with Gasteiger partial charge in [-0.2, -0.15) is 0 Å². The Kier molecular flexibility index (Phi) is 8.33. The summed E-state index contributed by atoms with van der Waals surface area (Å²) in [6, 6.07) is 12.3. The monoisotopic (exact) mass is 400 g/mol. The van der Waals surface area contributed by atoms with E-state index in [1.807, 2.05) is 0 Å². The number of benzene rings is 1. The lowest BCUT2D eigenvalue weighted by molar-refractivity contribution is 0.122. The molecule has 6 nitrogen and oxygen atoms in total. The molecule has 3 atom stereocenters. The van der Waals surface area contributed by atoms with Gasteiger partial charge in [-0.3, -0.25) is 14.8 Å². The summed E-state index contributed by atoms with van der Waals surface area (Å²) in [5.41, 5.74) is 1.39. The molecule has 2 N–H and O–H groups in total. The first kappa shape index (κ1) is 22.1. The molecule has 2 fully saturated rings. The van der Waals surface area contributed by atoms with E-state index in [4.69, 9.17) is 4.99 Å². The Hall–Kier alpha value is -1.63. The lowest BCUT2D eigenvalue weighted by atomic mass is 10.2. The van der Waals surface area contributed by atoms with Crippen molar-refractivity contribution >= 4 is 5.96 Å². The Balaban J connectivity index is 1.51. The molecule has 2 heterocycles. The van der Waals surface area contributed by atoms with Crippen molar-refractivity contribution in [3.8, 4) is 0 Å². The molecule has 2 saturated heterocycles. The Morgan fingerprint density at radius 3 is 2.59 bits per heavy atom. The molecule has 2 aliphatic heterocycles. The first-order chi connectivity index (χ1) is 14.0. The van der Waals surface area contributed by atoms with Crippen LogP contribution in [0, 0.1) is 0 Å². The highest BCUT2D eigenvalue weighted by atomic mass is 15.3. The minimum Gasteiger partial charge on any atom is -0.357 e. The lowest BCUT2D eigenvalue weighted by Crippen LogP contribution is -2.49. The largest absolute Gasteiger partial charge is 0.357 e. The molecule has 0 amide bonds. The van der Waals surface area contributed by atoms with Gasteiger partial charge in [0, 0.05) is 63.9 Å². The van der Waals surface area contributed by atoms with E-state index < -0.39 is 0 Å². The van der Waals surface area contributed by atoms with Crippen LogP contribution in [0.25, 0.3) is 0 Å². The van der Waals surface area contributed by atoms with Crippen molar-refractivity contribution < 1.29 is 0 Å². The second kappa shape index (κ2) is 11.0. The van der Waals surface area contributed by atoms with E-state index in [-0.39, 0.29) is 0 Å². The smallest absolute Gasteiger partial charge is 0.191 e. The lowest BCUT2D eigenvalue weighted by Gasteiger charge is -2.36. The molecule has 29 heavy (non-hydrogen) atoms. The summed E-state index contributed by atoms with van der Waals surface area (Å²) in [6.07, 6.45) is 1.16. The highest BCUT2D eigenvalue weighted by Gasteiger charge is 2.29. The van der Waals surface area contributed by atoms with E-state index in [1.165, 1.54) is 5.56 Å². The number of aliphatic imine (C=N–C) groups is 1. The predicted octanol–water partition coefficient (Wildman–Crippen LogP) is 1.84. The number of likely N-dealkylation sites (tertiary alicyclic amines) is 1. The molecule has 3 unspecified atom stereocenters. The van der Waals surface area contributed by atoms with Gasteiger partial charge in [0.1, 0.15) is 0 Å². The van der Waals surface area contributed by atoms with E-state index in [1.54, 1.807) is 0 Å². The van der Waals surface area contributed by atoms with Crippen molar-refractivity contribution in [2.75, 3.05) is 52.9 Å². The van der Waals surface area contributed by atoms with Gasteiger partial charge in [0.15, 0.2) is 5.96 Å². The summed E-state index contributed by atoms with van der Waals surface area (Å²) in [5.74, 6) is 0.965. The van der Waals surface area contributed by atoms with Crippen molar-refractivity contribution in [3.63, 3.8) is 0 Å². The molecule has 0 bridgehead atoms. The van der Waals surface area contributed by atoms with Crippen LogP contribution in [0.3, 0.4) is 0 Å². The van der Waals surface area contributed by atoms with E-state index >= 15 is 0 Å². The molecule has 1 aromatic carbocycles. The SMILES string of the molecule is CCNC(=NCC(C)N1CCN(C)CC1)NC1CC(C)N(Cc2ccccc2)C1. The van der Waals surface area contributed by atoms with Gasteiger partial charge in [0.25, 0.3) is 0 Å². The van der Waals surface area contributed by atoms with Gasteiger partial charge in [-0.15, -0.1) is 0 Å². The Bertz CT molecular complexity index is 626. The summed E-state index contributed by atoms with van der Waals surface area (Å²) in [5, 5.41) is 7.15. The van der Waals surface area contributed by atoms with Crippen LogP contribution < -0.4 is 10.6 Å². The summed E-state index contributed by atoms with van der Waals surface area (Å²) in [4.78, 5) is 12.5. The van der Waals surface area contributed by atoms with Crippen molar-refractivity contribution in [1.82, 2.24) is 25.3 Å². The average Bonchev–Trinajstić information content (AvgIpc) is 3.06. The normalized spacial score (nSPS) is 25.9. The zero-order chi connectivity index (χ0) is 20.6. The fourth-order valence-corrected chi connectivity index (χ4v) is 4.36. The number of rotatable bonds is 7. The molecular weight excluding hydrogens is 360 g/mol. The highest BCUT2D eigenvalue weighted by Crippen LogP contribution is 2.20. The fraction of sp³-hybridized carbons (Fsp3) is 0.696. The van der Waals surface area contributed by atoms with E-state index in [9.17, 15) is 0 Å². The fourth-order valence-electron chi connectivity index (χ4n) is 4.36. The predicted molar refractivity (Wildman–Crippen MR) is 122 cm³/mol. The van der Waals surface area contributed by atoms with Gasteiger partial charge in [0.05, 0.1) is 6.54 Å². The van der Waals surface area contributed by atoms with Gasteiger partial charge in [-0.25, -0.2) is 0 Å². The Labute approximate surface area is 177 Å². The molecular formula is C23H40N6. The van der Waals surface area contributed by atoms with Crippen LogP contribution >= 0.6 is 0 Å². The number of hydrogen-bond donors (Lipinski definition) is 2. The van der Waals surface area contributed by atoms with Crippen LogP contribution in [-0.2, 0) is 6.54 Å². The number of hydrogen-bond acceptors (Lipinski definition) is 4. The van der Waals surface area contributed by atoms with Gasteiger partial charge >= 0.3 is 0 Å². The average molecular weight is 401 g/mol. The summed E-state index contributed by atoms with van der Waals surface area (Å²) in [7, 11) is 2.21. The summed E-state index contributed by atoms with van der Waals surface area (Å²) in [6.45, 7) is 15.2. The molecule has 6 heteroatoms. The van der Waals surface area contributed by atoms with Crippen molar-refractivity contribution in [2.24, 2.45) is 4.99 Å². The van der Waals surface area contributed by atoms with Gasteiger partial charge in [0.2, 0.25) is 0 Å². The number of guanidine groups is 1. The quantitative estimate of drug-likeness (QED) is 0.540. The maximum Gasteiger partial charge on any atom is 0.191 e. The molecule has 0 saturated carbocycles. The highest BCUT2D eigenvalue weighted by molar-refractivity contribution is 5.80. The van der Waals surface area contributed by atoms with Crippen LogP contribution in [0.5, 0.6) is 0 Å². The van der Waals surface area contributed by atoms with Gasteiger partial charge < -0.3 is 15.5 Å². The summed E-state index contributed by atoms with van der Waals surface area (Å²) >= 11 is 0. The molecule has 3 rings (SSSR count). The maximum atomic E-state index is 4.93. The topological polar surface area (TPSA) is 46.1 Å². The second-order valence-corrected chi connectivity index (χ2v) is 8.75. The minimum absolute atomic E-state index is 0.449. The third-order valence-corrected chi connectivity index (χ3v) is 6.29. The maximum absolute atomic E-state index is 4.93. The number of likely N-dealkylation sites (N-methyl/N-ethyl adjacent to an activating group) is 1. The Morgan fingerprint density at radius 2 is 1.90 bits per heavy atom. The number of nitrogens with one attached hydrogen (secondary N) is 2. The Morgan fingerprint density at radius 1 is 1.17 bits per heavy atom. The first-order valence-electron chi connectivity index (χ1n) is 11.3. The van der Waals surface area contributed by atoms with Crippen molar-refractivity contribution in [2.45, 2.75) is 51.9 Å². The molecule has 1 aromatic rings. The van der Waals surface area contributed by atoms with Crippen LogP contribution in [-0.4, -0.2) is 91.6 Å². The first-order valence-corrected chi connectivity index (χ1v) is 11.3. The molecule has 162 valence electrons. The molecule has 0 aliphatic carbocycles. The van der Waals surface area contributed by atoms with E-state index in [0.717, 1.165) is 64.7 Å². The van der Waals surface area contributed by atoms with Crippen LogP contribution in [0.15, 0.2) is 35.3 Å². The zero-order valence-electron chi connectivity index (χ0n) is 18.8. The second-order valence-electron chi connectivity index (χ2n) is 8.75. The van der Waals surface area contributed by atoms with E-state index in [0.29, 0.717) is 18.1 Å². The van der Waals surface area contributed by atoms with Crippen LogP contribution in [0.1, 0.15) is 32.8 Å². The molecule has 0 aromatic heterocycles. The molecule has 0 spiro atoms. The van der Waals surface area contributed by atoms with Crippen molar-refractivity contribution in [3.05, 3.63) is 35.9 Å². The van der Waals surface area contributed by atoms with Gasteiger partial charge in [-0.1, -0.05) is 30.3 Å². The molecule has 0 radical (unpaired) electrons. The summed E-state index contributed by atoms with van der Waals surface area (Å²) < 4.78 is 0.